The van der Waals surface area contributed by atoms with Gasteiger partial charge < -0.3 is 10.6 Å². The summed E-state index contributed by atoms with van der Waals surface area (Å²) in [5, 5.41) is 11.7. The Morgan fingerprint density at radius 1 is 1.14 bits per heavy atom. The quantitative estimate of drug-likeness (QED) is 0.347. The van der Waals surface area contributed by atoms with Crippen LogP contribution in [0.2, 0.25) is 0 Å². The number of hydrogen-bond donors (Lipinski definition) is 1. The van der Waals surface area contributed by atoms with Crippen LogP contribution in [-0.4, -0.2) is 19.9 Å². The van der Waals surface area contributed by atoms with E-state index in [1.165, 1.54) is 28.1 Å². The average molecular weight is 428 g/mol. The summed E-state index contributed by atoms with van der Waals surface area (Å²) in [5.74, 6) is 6.80. The topological polar surface area (TPSA) is 78.9 Å². The number of benzene rings is 2. The molecule has 0 aliphatic heterocycles. The molecular formula is C20H18FN5OS2. The van der Waals surface area contributed by atoms with E-state index in [2.05, 4.69) is 46.4 Å². The van der Waals surface area contributed by atoms with Gasteiger partial charge in [0.05, 0.1) is 5.69 Å². The van der Waals surface area contributed by atoms with Gasteiger partial charge in [-0.15, -0.1) is 21.5 Å². The molecule has 0 atom stereocenters. The van der Waals surface area contributed by atoms with Gasteiger partial charge >= 0.3 is 0 Å². The highest BCUT2D eigenvalue weighted by Gasteiger charge is 2.13. The Labute approximate surface area is 175 Å². The summed E-state index contributed by atoms with van der Waals surface area (Å²) in [4.78, 5) is 4.68. The summed E-state index contributed by atoms with van der Waals surface area (Å²) >= 11 is 3.04. The van der Waals surface area contributed by atoms with E-state index in [0.717, 1.165) is 16.3 Å². The Hall–Kier alpha value is -2.91. The molecule has 0 aliphatic carbocycles. The fourth-order valence-electron chi connectivity index (χ4n) is 2.55. The Bertz CT molecular complexity index is 1110. The minimum Gasteiger partial charge on any atom is -0.482 e. The zero-order valence-electron chi connectivity index (χ0n) is 15.6. The lowest BCUT2D eigenvalue weighted by atomic mass is 10.2. The van der Waals surface area contributed by atoms with Crippen molar-refractivity contribution >= 4 is 23.1 Å². The molecule has 0 bridgehead atoms. The summed E-state index contributed by atoms with van der Waals surface area (Å²) in [5.41, 5.74) is 3.27. The number of nitrogens with zero attached hydrogens (tertiary/aromatic N) is 4. The maximum atomic E-state index is 13.6. The first kappa shape index (κ1) is 19.4. The van der Waals surface area contributed by atoms with Gasteiger partial charge in [0, 0.05) is 16.7 Å². The molecule has 6 nitrogen and oxygen atoms in total. The molecule has 4 rings (SSSR count). The number of nitrogen functional groups attached to an aromatic ring is 1. The van der Waals surface area contributed by atoms with Crippen LogP contribution in [0.25, 0.3) is 10.6 Å². The van der Waals surface area contributed by atoms with Crippen molar-refractivity contribution in [2.24, 2.45) is 0 Å². The smallest absolute Gasteiger partial charge is 0.210 e. The van der Waals surface area contributed by atoms with Gasteiger partial charge in [0.25, 0.3) is 0 Å². The van der Waals surface area contributed by atoms with Gasteiger partial charge in [-0.05, 0) is 19.1 Å². The zero-order chi connectivity index (χ0) is 20.2. The number of aromatic nitrogens is 4. The number of ether oxygens (including phenoxy) is 1. The van der Waals surface area contributed by atoms with Crippen molar-refractivity contribution in [1.29, 1.82) is 0 Å². The highest BCUT2D eigenvalue weighted by Crippen LogP contribution is 2.27. The summed E-state index contributed by atoms with van der Waals surface area (Å²) in [6.07, 6.45) is 0. The maximum absolute atomic E-state index is 13.6. The molecule has 0 saturated carbocycles. The lowest BCUT2D eigenvalue weighted by molar-refractivity contribution is 0.277. The predicted octanol–water partition coefficient (Wildman–Crippen LogP) is 4.43. The fourth-order valence-corrected chi connectivity index (χ4v) is 4.25. The molecule has 0 spiro atoms. The van der Waals surface area contributed by atoms with Gasteiger partial charge in [-0.25, -0.2) is 14.1 Å². The van der Waals surface area contributed by atoms with Crippen molar-refractivity contribution in [3.05, 3.63) is 76.8 Å². The third-order valence-electron chi connectivity index (χ3n) is 4.13. The molecule has 0 radical (unpaired) electrons. The van der Waals surface area contributed by atoms with Gasteiger partial charge in [0.2, 0.25) is 5.16 Å². The number of thiazole rings is 1. The van der Waals surface area contributed by atoms with E-state index < -0.39 is 5.82 Å². The summed E-state index contributed by atoms with van der Waals surface area (Å²) in [7, 11) is 0. The molecule has 4 aromatic rings. The van der Waals surface area contributed by atoms with Crippen molar-refractivity contribution < 1.29 is 9.13 Å². The predicted molar refractivity (Wildman–Crippen MR) is 113 cm³/mol. The molecule has 0 saturated heterocycles. The van der Waals surface area contributed by atoms with E-state index in [9.17, 15) is 4.39 Å². The van der Waals surface area contributed by atoms with E-state index in [1.54, 1.807) is 29.5 Å². The summed E-state index contributed by atoms with van der Waals surface area (Å²) in [6.45, 7) is 2.09. The number of para-hydroxylation sites is 1. The van der Waals surface area contributed by atoms with Crippen LogP contribution in [0.1, 0.15) is 17.1 Å². The van der Waals surface area contributed by atoms with Crippen LogP contribution in [0.3, 0.4) is 0 Å². The first-order chi connectivity index (χ1) is 14.1. The summed E-state index contributed by atoms with van der Waals surface area (Å²) < 4.78 is 20.4. The minimum atomic E-state index is -0.432. The van der Waals surface area contributed by atoms with Gasteiger partial charge in [-0.1, -0.05) is 53.7 Å². The Kier molecular flexibility index (Phi) is 5.77. The molecule has 2 aromatic carbocycles. The molecule has 2 heterocycles. The van der Waals surface area contributed by atoms with Crippen molar-refractivity contribution in [2.45, 2.75) is 24.4 Å². The van der Waals surface area contributed by atoms with E-state index >= 15 is 0 Å². The second-order valence-electron chi connectivity index (χ2n) is 6.29. The van der Waals surface area contributed by atoms with Crippen LogP contribution in [0.5, 0.6) is 5.75 Å². The largest absolute Gasteiger partial charge is 0.482 e. The standard InChI is InChI=1S/C20H18FN5OS2/c1-13-6-8-14(9-7-13)19-23-15(11-28-19)12-29-20-25-24-18(26(20)22)10-27-17-5-3-2-4-16(17)21/h2-9,11H,10,12,22H2,1H3. The molecule has 2 N–H and O–H groups in total. The zero-order valence-corrected chi connectivity index (χ0v) is 17.2. The highest BCUT2D eigenvalue weighted by molar-refractivity contribution is 7.98. The maximum Gasteiger partial charge on any atom is 0.210 e. The fraction of sp³-hybridized carbons (Fsp3) is 0.150. The minimum absolute atomic E-state index is 0.0271. The number of rotatable bonds is 7. The van der Waals surface area contributed by atoms with E-state index in [1.807, 2.05) is 5.38 Å². The van der Waals surface area contributed by atoms with Crippen LogP contribution in [0.4, 0.5) is 4.39 Å². The number of hydrogen-bond acceptors (Lipinski definition) is 7. The van der Waals surface area contributed by atoms with E-state index in [-0.39, 0.29) is 12.4 Å². The lowest BCUT2D eigenvalue weighted by Crippen LogP contribution is -2.16. The molecule has 0 aliphatic rings. The lowest BCUT2D eigenvalue weighted by Gasteiger charge is -2.06. The van der Waals surface area contributed by atoms with Crippen molar-refractivity contribution in [3.8, 4) is 16.3 Å². The third-order valence-corrected chi connectivity index (χ3v) is 6.04. The van der Waals surface area contributed by atoms with Crippen LogP contribution >= 0.6 is 23.1 Å². The van der Waals surface area contributed by atoms with Gasteiger partial charge in [-0.3, -0.25) is 0 Å². The van der Waals surface area contributed by atoms with Crippen LogP contribution in [0, 0.1) is 12.7 Å². The van der Waals surface area contributed by atoms with Crippen molar-refractivity contribution in [2.75, 3.05) is 5.84 Å². The van der Waals surface area contributed by atoms with Gasteiger partial charge in [0.15, 0.2) is 17.4 Å². The number of aryl methyl sites for hydroxylation is 1. The Balaban J connectivity index is 1.37. The van der Waals surface area contributed by atoms with Crippen LogP contribution in [0.15, 0.2) is 59.1 Å². The molecule has 0 amide bonds. The second kappa shape index (κ2) is 8.62. The molecule has 29 heavy (non-hydrogen) atoms. The Morgan fingerprint density at radius 3 is 2.72 bits per heavy atom. The van der Waals surface area contributed by atoms with E-state index in [4.69, 9.17) is 10.6 Å². The number of nitrogens with two attached hydrogens (primary N) is 1. The molecule has 9 heteroatoms. The molecular weight excluding hydrogens is 409 g/mol. The first-order valence-corrected chi connectivity index (χ1v) is 10.7. The highest BCUT2D eigenvalue weighted by atomic mass is 32.2. The van der Waals surface area contributed by atoms with E-state index in [0.29, 0.717) is 16.7 Å². The molecule has 2 aromatic heterocycles. The van der Waals surface area contributed by atoms with Crippen LogP contribution < -0.4 is 10.6 Å². The molecule has 148 valence electrons. The monoisotopic (exact) mass is 427 g/mol. The first-order valence-electron chi connectivity index (χ1n) is 8.81. The van der Waals surface area contributed by atoms with Gasteiger partial charge in [-0.2, -0.15) is 0 Å². The Morgan fingerprint density at radius 2 is 1.93 bits per heavy atom. The molecule has 0 fully saturated rings. The second-order valence-corrected chi connectivity index (χ2v) is 8.09. The normalized spacial score (nSPS) is 11.0. The van der Waals surface area contributed by atoms with Gasteiger partial charge in [0.1, 0.15) is 11.6 Å². The number of halogens is 1. The third kappa shape index (κ3) is 4.57. The summed E-state index contributed by atoms with van der Waals surface area (Å²) in [6, 6.07) is 14.5. The molecule has 0 unspecified atom stereocenters. The SMILES string of the molecule is Cc1ccc(-c2nc(CSc3nnc(COc4ccccc4F)n3N)cs2)cc1. The van der Waals surface area contributed by atoms with Crippen LogP contribution in [-0.2, 0) is 12.4 Å². The van der Waals surface area contributed by atoms with Crippen molar-refractivity contribution in [3.63, 3.8) is 0 Å². The van der Waals surface area contributed by atoms with Crippen molar-refractivity contribution in [1.82, 2.24) is 19.9 Å². The average Bonchev–Trinajstić information content (AvgIpc) is 3.33. The number of thioether (sulfide) groups is 1.